The van der Waals surface area contributed by atoms with Gasteiger partial charge in [-0.1, -0.05) is 13.0 Å². The zero-order valence-electron chi connectivity index (χ0n) is 10.7. The van der Waals surface area contributed by atoms with Gasteiger partial charge in [-0.3, -0.25) is 0 Å². The van der Waals surface area contributed by atoms with Gasteiger partial charge >= 0.3 is 5.97 Å². The number of aliphatic hydroxyl groups excluding tert-OH is 1. The Kier molecular flexibility index (Phi) is 5.04. The van der Waals surface area contributed by atoms with Gasteiger partial charge in [-0.25, -0.2) is 17.9 Å². The molecule has 0 amide bonds. The lowest BCUT2D eigenvalue weighted by Crippen LogP contribution is -2.38. The van der Waals surface area contributed by atoms with E-state index in [1.165, 1.54) is 18.2 Å². The predicted molar refractivity (Wildman–Crippen MR) is 69.4 cm³/mol. The summed E-state index contributed by atoms with van der Waals surface area (Å²) in [6, 6.07) is 4.66. The molecule has 19 heavy (non-hydrogen) atoms. The molecule has 2 unspecified atom stereocenters. The Morgan fingerprint density at radius 1 is 1.37 bits per heavy atom. The van der Waals surface area contributed by atoms with Crippen LogP contribution in [0.5, 0.6) is 0 Å². The molecule has 0 fully saturated rings. The summed E-state index contributed by atoms with van der Waals surface area (Å²) in [6.45, 7) is 3.21. The number of aliphatic hydroxyl groups is 1. The quantitative estimate of drug-likeness (QED) is 0.714. The van der Waals surface area contributed by atoms with E-state index in [9.17, 15) is 13.2 Å². The molecule has 1 aromatic carbocycles. The maximum atomic E-state index is 12.1. The molecule has 7 heteroatoms. The molecule has 0 bridgehead atoms. The predicted octanol–water partition coefficient (Wildman–Crippen LogP) is 0.680. The molecule has 1 aromatic rings. The van der Waals surface area contributed by atoms with Crippen molar-refractivity contribution in [2.45, 2.75) is 24.8 Å². The van der Waals surface area contributed by atoms with Gasteiger partial charge in [0.15, 0.2) is 0 Å². The highest BCUT2D eigenvalue weighted by molar-refractivity contribution is 7.89. The summed E-state index contributed by atoms with van der Waals surface area (Å²) in [6.07, 6.45) is 0. The van der Waals surface area contributed by atoms with Crippen molar-refractivity contribution in [3.05, 3.63) is 29.8 Å². The SMILES string of the molecule is CC(CO)C(C)NS(=O)(=O)c1cccc(C(=O)O)c1. The average molecular weight is 287 g/mol. The molecule has 0 spiro atoms. The maximum Gasteiger partial charge on any atom is 0.335 e. The normalized spacial score (nSPS) is 14.9. The molecule has 0 aromatic heterocycles. The van der Waals surface area contributed by atoms with Crippen LogP contribution in [0.2, 0.25) is 0 Å². The van der Waals surface area contributed by atoms with Gasteiger partial charge in [-0.2, -0.15) is 0 Å². The van der Waals surface area contributed by atoms with Crippen molar-refractivity contribution in [3.63, 3.8) is 0 Å². The van der Waals surface area contributed by atoms with E-state index in [1.807, 2.05) is 0 Å². The Balaban J connectivity index is 3.01. The lowest BCUT2D eigenvalue weighted by atomic mass is 10.1. The van der Waals surface area contributed by atoms with Crippen molar-refractivity contribution in [2.75, 3.05) is 6.61 Å². The van der Waals surface area contributed by atoms with E-state index < -0.39 is 22.0 Å². The van der Waals surface area contributed by atoms with Gasteiger partial charge < -0.3 is 10.2 Å². The van der Waals surface area contributed by atoms with Gasteiger partial charge in [-0.15, -0.1) is 0 Å². The van der Waals surface area contributed by atoms with Crippen LogP contribution in [0.25, 0.3) is 0 Å². The molecule has 0 heterocycles. The molecule has 2 atom stereocenters. The smallest absolute Gasteiger partial charge is 0.335 e. The van der Waals surface area contributed by atoms with Crippen molar-refractivity contribution in [1.82, 2.24) is 4.72 Å². The first-order valence-corrected chi connectivity index (χ1v) is 7.23. The zero-order valence-corrected chi connectivity index (χ0v) is 11.5. The molecule has 0 saturated heterocycles. The molecule has 1 rings (SSSR count). The summed E-state index contributed by atoms with van der Waals surface area (Å²) >= 11 is 0. The third-order valence-electron chi connectivity index (χ3n) is 2.87. The number of carbonyl (C=O) groups is 1. The van der Waals surface area contributed by atoms with Crippen LogP contribution in [0.4, 0.5) is 0 Å². The molecular weight excluding hydrogens is 270 g/mol. The fraction of sp³-hybridized carbons (Fsp3) is 0.417. The fourth-order valence-corrected chi connectivity index (χ4v) is 2.78. The van der Waals surface area contributed by atoms with Crippen LogP contribution in [-0.4, -0.2) is 37.2 Å². The summed E-state index contributed by atoms with van der Waals surface area (Å²) in [5.74, 6) is -1.42. The molecular formula is C12H17NO5S. The molecule has 106 valence electrons. The minimum absolute atomic E-state index is 0.0919. The zero-order chi connectivity index (χ0) is 14.6. The summed E-state index contributed by atoms with van der Waals surface area (Å²) < 4.78 is 26.5. The van der Waals surface area contributed by atoms with E-state index in [4.69, 9.17) is 10.2 Å². The van der Waals surface area contributed by atoms with Gasteiger partial charge in [0.2, 0.25) is 10.0 Å². The van der Waals surface area contributed by atoms with Gasteiger partial charge in [0.1, 0.15) is 0 Å². The van der Waals surface area contributed by atoms with E-state index in [0.717, 1.165) is 6.07 Å². The second-order valence-electron chi connectivity index (χ2n) is 4.40. The highest BCUT2D eigenvalue weighted by Crippen LogP contribution is 2.13. The molecule has 0 aliphatic heterocycles. The Morgan fingerprint density at radius 2 is 2.00 bits per heavy atom. The number of nitrogens with one attached hydrogen (secondary N) is 1. The largest absolute Gasteiger partial charge is 0.478 e. The van der Waals surface area contributed by atoms with Crippen LogP contribution < -0.4 is 4.72 Å². The first kappa shape index (κ1) is 15.6. The number of hydrogen-bond donors (Lipinski definition) is 3. The average Bonchev–Trinajstić information content (AvgIpc) is 2.37. The van der Waals surface area contributed by atoms with Crippen LogP contribution in [0.1, 0.15) is 24.2 Å². The third-order valence-corrected chi connectivity index (χ3v) is 4.43. The van der Waals surface area contributed by atoms with E-state index in [-0.39, 0.29) is 23.0 Å². The van der Waals surface area contributed by atoms with Crippen LogP contribution >= 0.6 is 0 Å². The van der Waals surface area contributed by atoms with Crippen LogP contribution in [0.3, 0.4) is 0 Å². The Bertz CT molecular complexity index is 555. The van der Waals surface area contributed by atoms with Gasteiger partial charge in [-0.05, 0) is 31.0 Å². The summed E-state index contributed by atoms with van der Waals surface area (Å²) in [4.78, 5) is 10.7. The highest BCUT2D eigenvalue weighted by Gasteiger charge is 2.21. The van der Waals surface area contributed by atoms with E-state index in [1.54, 1.807) is 13.8 Å². The Labute approximate surface area is 112 Å². The Hall–Kier alpha value is -1.44. The van der Waals surface area contributed by atoms with E-state index in [2.05, 4.69) is 4.72 Å². The summed E-state index contributed by atoms with van der Waals surface area (Å²) in [5.41, 5.74) is -0.0919. The molecule has 0 aliphatic carbocycles. The van der Waals surface area contributed by atoms with E-state index in [0.29, 0.717) is 0 Å². The fourth-order valence-electron chi connectivity index (χ4n) is 1.38. The molecule has 0 aliphatic rings. The standard InChI is InChI=1S/C12H17NO5S/c1-8(7-14)9(2)13-19(17,18)11-5-3-4-10(6-11)12(15)16/h3-6,8-9,13-14H,7H2,1-2H3,(H,15,16). The maximum absolute atomic E-state index is 12.1. The number of benzene rings is 1. The monoisotopic (exact) mass is 287 g/mol. The van der Waals surface area contributed by atoms with Gasteiger partial charge in [0, 0.05) is 12.6 Å². The number of rotatable bonds is 6. The second kappa shape index (κ2) is 6.14. The topological polar surface area (TPSA) is 104 Å². The van der Waals surface area contributed by atoms with E-state index >= 15 is 0 Å². The number of aromatic carboxylic acids is 1. The van der Waals surface area contributed by atoms with Crippen molar-refractivity contribution < 1.29 is 23.4 Å². The Morgan fingerprint density at radius 3 is 2.53 bits per heavy atom. The van der Waals surface area contributed by atoms with Crippen molar-refractivity contribution in [1.29, 1.82) is 0 Å². The van der Waals surface area contributed by atoms with Crippen LogP contribution in [0.15, 0.2) is 29.2 Å². The van der Waals surface area contributed by atoms with Gasteiger partial charge in [0.25, 0.3) is 0 Å². The highest BCUT2D eigenvalue weighted by atomic mass is 32.2. The van der Waals surface area contributed by atoms with Crippen molar-refractivity contribution in [2.24, 2.45) is 5.92 Å². The first-order valence-electron chi connectivity index (χ1n) is 5.74. The molecule has 0 saturated carbocycles. The van der Waals surface area contributed by atoms with Crippen LogP contribution in [-0.2, 0) is 10.0 Å². The minimum atomic E-state index is -3.80. The molecule has 6 nitrogen and oxygen atoms in total. The minimum Gasteiger partial charge on any atom is -0.478 e. The second-order valence-corrected chi connectivity index (χ2v) is 6.12. The summed E-state index contributed by atoms with van der Waals surface area (Å²) in [5, 5.41) is 17.8. The third kappa shape index (κ3) is 4.02. The number of carboxylic acid groups (broad SMARTS) is 1. The first-order chi connectivity index (χ1) is 8.77. The van der Waals surface area contributed by atoms with Crippen molar-refractivity contribution >= 4 is 16.0 Å². The number of sulfonamides is 1. The van der Waals surface area contributed by atoms with Gasteiger partial charge in [0.05, 0.1) is 10.5 Å². The van der Waals surface area contributed by atoms with Crippen molar-refractivity contribution in [3.8, 4) is 0 Å². The van der Waals surface area contributed by atoms with Crippen LogP contribution in [0, 0.1) is 5.92 Å². The lowest BCUT2D eigenvalue weighted by molar-refractivity contribution is 0.0696. The number of hydrogen-bond acceptors (Lipinski definition) is 4. The molecule has 0 radical (unpaired) electrons. The molecule has 3 N–H and O–H groups in total. The number of carboxylic acids is 1. The summed E-state index contributed by atoms with van der Waals surface area (Å²) in [7, 11) is -3.80. The lowest BCUT2D eigenvalue weighted by Gasteiger charge is -2.19.